The standard InChI is InChI=1S/C25H25F3N2O2/c26-18-3-6-22(28)17(12-18)2-1-10-29-20-5-8-25(32-15-20)24(31)13-16-9-11-30-23-7-4-19(27)14-21(16)23/h1-4,6-7,9,11-12,14,20,24-25,29,31H,5,8,10,13,15H2/b2-1+/t20-,24?,25+/m1/s1. The molecule has 2 heterocycles. The van der Waals surface area contributed by atoms with E-state index in [1.54, 1.807) is 30.5 Å². The summed E-state index contributed by atoms with van der Waals surface area (Å²) in [6.45, 7) is 0.932. The van der Waals surface area contributed by atoms with Crippen molar-refractivity contribution in [3.63, 3.8) is 0 Å². The number of halogens is 3. The normalized spacial score (nSPS) is 20.1. The number of benzene rings is 2. The lowest BCUT2D eigenvalue weighted by atomic mass is 9.95. The minimum atomic E-state index is -0.708. The molecule has 1 unspecified atom stereocenters. The third-order valence-electron chi connectivity index (χ3n) is 5.74. The van der Waals surface area contributed by atoms with Crippen molar-refractivity contribution in [1.29, 1.82) is 0 Å². The average Bonchev–Trinajstić information content (AvgIpc) is 2.79. The highest BCUT2D eigenvalue weighted by Crippen LogP contribution is 2.23. The molecule has 2 aromatic carbocycles. The Kier molecular flexibility index (Phi) is 7.19. The molecule has 1 fully saturated rings. The number of ether oxygens (including phenoxy) is 1. The molecule has 1 aliphatic heterocycles. The summed E-state index contributed by atoms with van der Waals surface area (Å²) in [6, 6.07) is 9.69. The summed E-state index contributed by atoms with van der Waals surface area (Å²) in [5, 5.41) is 14.7. The molecule has 3 aromatic rings. The van der Waals surface area contributed by atoms with Crippen LogP contribution in [0.25, 0.3) is 17.0 Å². The number of hydrogen-bond acceptors (Lipinski definition) is 4. The van der Waals surface area contributed by atoms with Crippen molar-refractivity contribution in [1.82, 2.24) is 10.3 Å². The molecule has 0 saturated carbocycles. The van der Waals surface area contributed by atoms with E-state index in [-0.39, 0.29) is 23.5 Å². The summed E-state index contributed by atoms with van der Waals surface area (Å²) in [4.78, 5) is 4.24. The van der Waals surface area contributed by atoms with E-state index in [1.807, 2.05) is 0 Å². The quantitative estimate of drug-likeness (QED) is 0.569. The summed E-state index contributed by atoms with van der Waals surface area (Å²) in [5.74, 6) is -1.28. The molecule has 168 valence electrons. The van der Waals surface area contributed by atoms with Gasteiger partial charge in [-0.05, 0) is 60.9 Å². The van der Waals surface area contributed by atoms with E-state index in [4.69, 9.17) is 4.74 Å². The first-order valence-electron chi connectivity index (χ1n) is 10.7. The van der Waals surface area contributed by atoms with Gasteiger partial charge in [-0.2, -0.15) is 0 Å². The van der Waals surface area contributed by atoms with Gasteiger partial charge in [-0.15, -0.1) is 0 Å². The Balaban J connectivity index is 1.26. The van der Waals surface area contributed by atoms with Crippen molar-refractivity contribution >= 4 is 17.0 Å². The second kappa shape index (κ2) is 10.3. The van der Waals surface area contributed by atoms with E-state index in [2.05, 4.69) is 10.3 Å². The van der Waals surface area contributed by atoms with Crippen molar-refractivity contribution in [2.24, 2.45) is 0 Å². The van der Waals surface area contributed by atoms with Crippen molar-refractivity contribution < 1.29 is 23.0 Å². The highest BCUT2D eigenvalue weighted by Gasteiger charge is 2.27. The Labute approximate surface area is 184 Å². The van der Waals surface area contributed by atoms with E-state index in [9.17, 15) is 18.3 Å². The molecule has 2 N–H and O–H groups in total. The fourth-order valence-corrected chi connectivity index (χ4v) is 4.01. The van der Waals surface area contributed by atoms with Crippen LogP contribution in [0.5, 0.6) is 0 Å². The molecule has 0 spiro atoms. The predicted molar refractivity (Wildman–Crippen MR) is 118 cm³/mol. The molecule has 0 aliphatic carbocycles. The minimum Gasteiger partial charge on any atom is -0.390 e. The number of aliphatic hydroxyl groups excluding tert-OH is 1. The largest absolute Gasteiger partial charge is 0.390 e. The van der Waals surface area contributed by atoms with E-state index in [1.165, 1.54) is 12.1 Å². The SMILES string of the molecule is OC(Cc1ccnc2ccc(F)cc12)[C@@H]1CC[C@@H](NC/C=C/c2cc(F)ccc2F)CO1. The monoisotopic (exact) mass is 442 g/mol. The van der Waals surface area contributed by atoms with Crippen LogP contribution in [0.4, 0.5) is 13.2 Å². The van der Waals surface area contributed by atoms with Gasteiger partial charge >= 0.3 is 0 Å². The Bertz CT molecular complexity index is 1100. The summed E-state index contributed by atoms with van der Waals surface area (Å²) in [5.41, 5.74) is 1.73. The molecule has 0 bridgehead atoms. The van der Waals surface area contributed by atoms with Gasteiger partial charge in [-0.3, -0.25) is 4.98 Å². The van der Waals surface area contributed by atoms with Crippen LogP contribution in [0.3, 0.4) is 0 Å². The fourth-order valence-electron chi connectivity index (χ4n) is 4.01. The van der Waals surface area contributed by atoms with Crippen LogP contribution in [0.15, 0.2) is 54.7 Å². The van der Waals surface area contributed by atoms with Crippen LogP contribution in [-0.2, 0) is 11.2 Å². The van der Waals surface area contributed by atoms with Crippen LogP contribution in [0.1, 0.15) is 24.0 Å². The van der Waals surface area contributed by atoms with Gasteiger partial charge in [-0.25, -0.2) is 13.2 Å². The second-order valence-corrected chi connectivity index (χ2v) is 8.03. The maximum atomic E-state index is 13.7. The van der Waals surface area contributed by atoms with Crippen LogP contribution in [0.2, 0.25) is 0 Å². The lowest BCUT2D eigenvalue weighted by Crippen LogP contribution is -2.44. The first kappa shape index (κ1) is 22.5. The highest BCUT2D eigenvalue weighted by molar-refractivity contribution is 5.82. The molecule has 3 atom stereocenters. The van der Waals surface area contributed by atoms with Crippen molar-refractivity contribution in [2.45, 2.75) is 37.5 Å². The highest BCUT2D eigenvalue weighted by atomic mass is 19.1. The maximum absolute atomic E-state index is 13.7. The van der Waals surface area contributed by atoms with E-state index in [0.717, 1.165) is 30.2 Å². The molecule has 4 rings (SSSR count). The van der Waals surface area contributed by atoms with E-state index < -0.39 is 17.7 Å². The first-order valence-corrected chi connectivity index (χ1v) is 10.7. The summed E-state index contributed by atoms with van der Waals surface area (Å²) in [6.07, 6.45) is 5.78. The number of rotatable bonds is 7. The van der Waals surface area contributed by atoms with Gasteiger partial charge in [0.25, 0.3) is 0 Å². The number of aromatic nitrogens is 1. The summed E-state index contributed by atoms with van der Waals surface area (Å²) >= 11 is 0. The van der Waals surface area contributed by atoms with Crippen LogP contribution >= 0.6 is 0 Å². The zero-order chi connectivity index (χ0) is 22.5. The van der Waals surface area contributed by atoms with E-state index >= 15 is 0 Å². The molecule has 4 nitrogen and oxygen atoms in total. The second-order valence-electron chi connectivity index (χ2n) is 8.03. The third kappa shape index (κ3) is 5.54. The molecular formula is C25H25F3N2O2. The number of hydrogen-bond donors (Lipinski definition) is 2. The molecule has 0 amide bonds. The van der Waals surface area contributed by atoms with Crippen LogP contribution in [0, 0.1) is 17.5 Å². The summed E-state index contributed by atoms with van der Waals surface area (Å²) in [7, 11) is 0. The Morgan fingerprint density at radius 2 is 1.91 bits per heavy atom. The molecule has 32 heavy (non-hydrogen) atoms. The van der Waals surface area contributed by atoms with Crippen molar-refractivity contribution in [3.05, 3.63) is 83.3 Å². The number of nitrogens with zero attached hydrogens (tertiary/aromatic N) is 1. The maximum Gasteiger partial charge on any atom is 0.130 e. The van der Waals surface area contributed by atoms with Gasteiger partial charge in [0.1, 0.15) is 17.5 Å². The average molecular weight is 442 g/mol. The predicted octanol–water partition coefficient (Wildman–Crippen LogP) is 4.41. The zero-order valence-corrected chi connectivity index (χ0v) is 17.5. The first-order chi connectivity index (χ1) is 15.5. The van der Waals surface area contributed by atoms with Gasteiger partial charge in [0.15, 0.2) is 0 Å². The smallest absolute Gasteiger partial charge is 0.130 e. The number of pyridine rings is 1. The number of nitrogens with one attached hydrogen (secondary N) is 1. The van der Waals surface area contributed by atoms with Gasteiger partial charge in [0.2, 0.25) is 0 Å². The third-order valence-corrected chi connectivity index (χ3v) is 5.74. The minimum absolute atomic E-state index is 0.108. The van der Waals surface area contributed by atoms with Gasteiger partial charge in [-0.1, -0.05) is 12.2 Å². The van der Waals surface area contributed by atoms with Gasteiger partial charge in [0.05, 0.1) is 24.3 Å². The molecular weight excluding hydrogens is 417 g/mol. The Hall–Kier alpha value is -2.74. The van der Waals surface area contributed by atoms with E-state index in [0.29, 0.717) is 36.9 Å². The molecule has 1 aliphatic rings. The number of fused-ring (bicyclic) bond motifs is 1. The van der Waals surface area contributed by atoms with Gasteiger partial charge in [0, 0.05) is 36.2 Å². The lowest BCUT2D eigenvalue weighted by Gasteiger charge is -2.32. The van der Waals surface area contributed by atoms with Crippen molar-refractivity contribution in [2.75, 3.05) is 13.2 Å². The Morgan fingerprint density at radius 3 is 2.72 bits per heavy atom. The van der Waals surface area contributed by atoms with Crippen LogP contribution in [-0.4, -0.2) is 41.5 Å². The zero-order valence-electron chi connectivity index (χ0n) is 17.5. The summed E-state index contributed by atoms with van der Waals surface area (Å²) < 4.78 is 46.4. The molecule has 0 radical (unpaired) electrons. The Morgan fingerprint density at radius 1 is 1.09 bits per heavy atom. The van der Waals surface area contributed by atoms with Crippen molar-refractivity contribution in [3.8, 4) is 0 Å². The molecule has 7 heteroatoms. The molecule has 1 saturated heterocycles. The topological polar surface area (TPSA) is 54.4 Å². The fraction of sp³-hybridized carbons (Fsp3) is 0.320. The lowest BCUT2D eigenvalue weighted by molar-refractivity contribution is -0.0711. The number of aliphatic hydroxyl groups is 1. The van der Waals surface area contributed by atoms with Gasteiger partial charge < -0.3 is 15.2 Å². The van der Waals surface area contributed by atoms with Crippen LogP contribution < -0.4 is 5.32 Å². The molecule has 1 aromatic heterocycles.